The van der Waals surface area contributed by atoms with Crippen LogP contribution in [0.4, 0.5) is 4.39 Å². The van der Waals surface area contributed by atoms with Gasteiger partial charge in [0.1, 0.15) is 23.5 Å². The molecular weight excluding hydrogens is 485 g/mol. The van der Waals surface area contributed by atoms with Crippen molar-refractivity contribution >= 4 is 29.4 Å². The average molecular weight is 516 g/mol. The quantitative estimate of drug-likeness (QED) is 0.540. The number of amides is 1. The van der Waals surface area contributed by atoms with Gasteiger partial charge in [-0.2, -0.15) is 0 Å². The highest BCUT2D eigenvalue weighted by molar-refractivity contribution is 6.39. The molecule has 0 saturated carbocycles. The number of halogens is 2. The summed E-state index contributed by atoms with van der Waals surface area (Å²) in [5, 5.41) is 21.3. The van der Waals surface area contributed by atoms with Crippen molar-refractivity contribution in [3.05, 3.63) is 52.2 Å². The number of hydrogen-bond donors (Lipinski definition) is 3. The first kappa shape index (κ1) is 24.9. The van der Waals surface area contributed by atoms with E-state index in [9.17, 15) is 14.3 Å². The zero-order valence-corrected chi connectivity index (χ0v) is 21.0. The fourth-order valence-corrected chi connectivity index (χ4v) is 5.75. The molecule has 5 rings (SSSR count). The molecule has 0 aromatic heterocycles. The van der Waals surface area contributed by atoms with E-state index in [4.69, 9.17) is 21.7 Å². The predicted octanol–water partition coefficient (Wildman–Crippen LogP) is 3.27. The molecule has 8 nitrogen and oxygen atoms in total. The largest absolute Gasteiger partial charge is 0.489 e. The minimum absolute atomic E-state index is 0.108. The molecule has 3 saturated heterocycles. The number of aliphatic hydroxyl groups excluding tert-OH is 1. The van der Waals surface area contributed by atoms with Crippen LogP contribution in [0.1, 0.15) is 43.0 Å². The molecule has 0 aliphatic carbocycles. The number of nitrogens with one attached hydrogen (secondary N) is 2. The van der Waals surface area contributed by atoms with Crippen LogP contribution in [-0.4, -0.2) is 77.2 Å². The molecule has 4 aliphatic rings. The van der Waals surface area contributed by atoms with Crippen LogP contribution in [0.2, 0.25) is 0 Å². The third-order valence-electron chi connectivity index (χ3n) is 7.44. The van der Waals surface area contributed by atoms with E-state index in [0.29, 0.717) is 39.8 Å². The van der Waals surface area contributed by atoms with Crippen LogP contribution in [0.5, 0.6) is 5.75 Å². The third kappa shape index (κ3) is 5.05. The highest BCUT2D eigenvalue weighted by atomic mass is 35.5. The molecule has 1 aromatic carbocycles. The molecule has 2 bridgehead atoms. The number of likely N-dealkylation sites (tertiary alicyclic amines) is 1. The summed E-state index contributed by atoms with van der Waals surface area (Å²) < 4.78 is 20.5. The van der Waals surface area contributed by atoms with Gasteiger partial charge in [0.15, 0.2) is 0 Å². The van der Waals surface area contributed by atoms with E-state index >= 15 is 0 Å². The van der Waals surface area contributed by atoms with Gasteiger partial charge < -0.3 is 25.5 Å². The second-order valence-corrected chi connectivity index (χ2v) is 10.6. The highest BCUT2D eigenvalue weighted by Gasteiger charge is 2.42. The summed E-state index contributed by atoms with van der Waals surface area (Å²) in [6.45, 7) is 3.43. The molecule has 1 aromatic rings. The third-order valence-corrected chi connectivity index (χ3v) is 7.65. The van der Waals surface area contributed by atoms with Crippen LogP contribution in [0.25, 0.3) is 0 Å². The van der Waals surface area contributed by atoms with Crippen molar-refractivity contribution in [1.29, 1.82) is 5.41 Å². The number of piperidine rings is 1. The Bertz CT molecular complexity index is 1140. The molecule has 0 radical (unpaired) electrons. The summed E-state index contributed by atoms with van der Waals surface area (Å²) in [6.07, 6.45) is 6.76. The minimum Gasteiger partial charge on any atom is -0.489 e. The van der Waals surface area contributed by atoms with E-state index in [1.165, 1.54) is 24.4 Å². The highest BCUT2D eigenvalue weighted by Crippen LogP contribution is 2.38. The molecule has 10 heteroatoms. The lowest BCUT2D eigenvalue weighted by atomic mass is 9.98. The normalized spacial score (nSPS) is 28.8. The Hall–Kier alpha value is -2.75. The van der Waals surface area contributed by atoms with Crippen molar-refractivity contribution in [2.24, 2.45) is 10.9 Å². The number of aliphatic hydroxyl groups is 1. The molecule has 0 unspecified atom stereocenters. The van der Waals surface area contributed by atoms with Gasteiger partial charge in [-0.3, -0.25) is 9.69 Å². The number of nitrogens with zero attached hydrogens (tertiary/aromatic N) is 3. The first-order valence-corrected chi connectivity index (χ1v) is 12.8. The van der Waals surface area contributed by atoms with Crippen molar-refractivity contribution < 1.29 is 19.0 Å². The topological polar surface area (TPSA) is 101 Å². The maximum atomic E-state index is 14.2. The van der Waals surface area contributed by atoms with Gasteiger partial charge in [0, 0.05) is 49.3 Å². The van der Waals surface area contributed by atoms with Crippen LogP contribution >= 0.6 is 11.6 Å². The first-order valence-electron chi connectivity index (χ1n) is 12.4. The lowest BCUT2D eigenvalue weighted by Gasteiger charge is -2.40. The predicted molar refractivity (Wildman–Crippen MR) is 136 cm³/mol. The van der Waals surface area contributed by atoms with Gasteiger partial charge in [-0.25, -0.2) is 9.38 Å². The first-order chi connectivity index (χ1) is 17.3. The summed E-state index contributed by atoms with van der Waals surface area (Å²) in [4.78, 5) is 21.7. The van der Waals surface area contributed by atoms with E-state index in [0.717, 1.165) is 32.2 Å². The summed E-state index contributed by atoms with van der Waals surface area (Å²) in [5.41, 5.74) is 1.20. The smallest absolute Gasteiger partial charge is 0.258 e. The van der Waals surface area contributed by atoms with Gasteiger partial charge in [0.25, 0.3) is 5.91 Å². The Balaban J connectivity index is 1.30. The van der Waals surface area contributed by atoms with Crippen LogP contribution in [0, 0.1) is 17.1 Å². The van der Waals surface area contributed by atoms with E-state index in [2.05, 4.69) is 22.1 Å². The van der Waals surface area contributed by atoms with Crippen molar-refractivity contribution in [3.8, 4) is 5.75 Å². The molecule has 36 heavy (non-hydrogen) atoms. The average Bonchev–Trinajstić information content (AvgIpc) is 3.34. The van der Waals surface area contributed by atoms with Crippen LogP contribution < -0.4 is 10.1 Å². The van der Waals surface area contributed by atoms with Crippen LogP contribution in [-0.2, 0) is 0 Å². The van der Waals surface area contributed by atoms with Crippen molar-refractivity contribution in [1.82, 2.24) is 15.1 Å². The van der Waals surface area contributed by atoms with Crippen molar-refractivity contribution in [2.75, 3.05) is 26.2 Å². The zero-order valence-electron chi connectivity index (χ0n) is 20.2. The number of allylic oxidation sites excluding steroid dienone is 1. The number of ether oxygens (including phenoxy) is 1. The Kier molecular flexibility index (Phi) is 7.14. The van der Waals surface area contributed by atoms with Gasteiger partial charge in [0.2, 0.25) is 0 Å². The van der Waals surface area contributed by atoms with Gasteiger partial charge >= 0.3 is 0 Å². The number of carbonyl (C=O) groups excluding carboxylic acids is 1. The lowest BCUT2D eigenvalue weighted by molar-refractivity contribution is 0.0341. The lowest BCUT2D eigenvalue weighted by Crippen LogP contribution is -2.48. The van der Waals surface area contributed by atoms with Crippen molar-refractivity contribution in [3.63, 3.8) is 0 Å². The number of carbonyl (C=O) groups is 1. The molecule has 3 N–H and O–H groups in total. The van der Waals surface area contributed by atoms with Crippen LogP contribution in [0.3, 0.4) is 0 Å². The molecule has 4 aliphatic heterocycles. The van der Waals surface area contributed by atoms with Gasteiger partial charge in [-0.1, -0.05) is 18.5 Å². The second-order valence-electron chi connectivity index (χ2n) is 10.1. The number of aliphatic imine (C=N–C) groups is 1. The molecule has 4 heterocycles. The zero-order chi connectivity index (χ0) is 25.4. The van der Waals surface area contributed by atoms with Gasteiger partial charge in [-0.05, 0) is 43.7 Å². The molecule has 1 amide bonds. The Labute approximate surface area is 215 Å². The van der Waals surface area contributed by atoms with Gasteiger partial charge in [0.05, 0.1) is 29.4 Å². The second kappa shape index (κ2) is 10.3. The fraction of sp³-hybridized carbons (Fsp3) is 0.500. The van der Waals surface area contributed by atoms with Crippen molar-refractivity contribution in [2.45, 2.75) is 50.8 Å². The van der Waals surface area contributed by atoms with Gasteiger partial charge in [-0.15, -0.1) is 0 Å². The number of rotatable bonds is 6. The summed E-state index contributed by atoms with van der Waals surface area (Å²) in [6, 6.07) is 4.76. The van der Waals surface area contributed by atoms with Crippen LogP contribution in [0.15, 0.2) is 45.8 Å². The number of benzene rings is 1. The fourth-order valence-electron chi connectivity index (χ4n) is 5.65. The molecule has 192 valence electrons. The Morgan fingerprint density at radius 2 is 2.08 bits per heavy atom. The molecule has 3 fully saturated rings. The molecule has 0 spiro atoms. The maximum absolute atomic E-state index is 14.2. The molecule has 4 atom stereocenters. The monoisotopic (exact) mass is 515 g/mol. The van der Waals surface area contributed by atoms with E-state index < -0.39 is 5.82 Å². The van der Waals surface area contributed by atoms with E-state index in [-0.39, 0.29) is 43.4 Å². The van der Waals surface area contributed by atoms with E-state index in [1.807, 2.05) is 0 Å². The summed E-state index contributed by atoms with van der Waals surface area (Å²) >= 11 is 5.90. The maximum Gasteiger partial charge on any atom is 0.258 e. The standard InChI is InChI=1S/C26H31ClFN5O3/c1-15(14-34)11-33-18-3-4-19(33)8-20(7-18)36-24-6-17(28)2-5-21(24)26(35)32-12-22(23(29)13-32)25-30-9-16(27)10-31-25/h2,5-6,9-10,15,18-20,29-30,34H,3-4,7-8,11-14H2,1H3/b25-22+,29-23?/t15-,18-,19+,20+/m0/s1. The summed E-state index contributed by atoms with van der Waals surface area (Å²) in [5.74, 6) is 0.196. The minimum atomic E-state index is -0.458. The Morgan fingerprint density at radius 1 is 1.33 bits per heavy atom. The van der Waals surface area contributed by atoms with E-state index in [1.54, 1.807) is 11.1 Å². The summed E-state index contributed by atoms with van der Waals surface area (Å²) in [7, 11) is 0. The molecular formula is C26H31ClFN5O3. The number of fused-ring (bicyclic) bond motifs is 2. The number of hydrogen-bond acceptors (Lipinski definition) is 7. The Morgan fingerprint density at radius 3 is 2.75 bits per heavy atom. The SMILES string of the molecule is C[C@H](CO)CN1[C@@H]2CC[C@H]1C[C@@H](Oc1cc(F)ccc1C(=O)N1CC(=N)/C(=C3/N=CC(Cl)=CN3)C1)C2.